The first kappa shape index (κ1) is 45.0. The van der Waals surface area contributed by atoms with Crippen LogP contribution in [0.2, 0.25) is 0 Å². The minimum absolute atomic E-state index is 0. The Kier molecular flexibility index (Phi) is 12.4. The van der Waals surface area contributed by atoms with Gasteiger partial charge in [-0.2, -0.15) is 0 Å². The Hall–Kier alpha value is -8.42. The van der Waals surface area contributed by atoms with E-state index in [1.807, 2.05) is 61.1 Å². The summed E-state index contributed by atoms with van der Waals surface area (Å²) >= 11 is 0. The summed E-state index contributed by atoms with van der Waals surface area (Å²) < 4.78 is 11.3. The van der Waals surface area contributed by atoms with Crippen molar-refractivity contribution in [1.29, 1.82) is 0 Å². The summed E-state index contributed by atoms with van der Waals surface area (Å²) in [7, 11) is 0. The maximum atomic E-state index is 13.2. The van der Waals surface area contributed by atoms with Gasteiger partial charge in [0.15, 0.2) is 0 Å². The third kappa shape index (κ3) is 9.03. The first-order valence-electron chi connectivity index (χ1n) is 23.3. The molecule has 7 nitrogen and oxygen atoms in total. The van der Waals surface area contributed by atoms with Gasteiger partial charge in [-0.15, -0.1) is 84.4 Å². The number of nitrogens with zero attached hydrogens (tertiary/aromatic N) is 3. The summed E-state index contributed by atoms with van der Waals surface area (Å²) in [4.78, 5) is 40.9. The van der Waals surface area contributed by atoms with Crippen molar-refractivity contribution in [1.82, 2.24) is 15.0 Å². The second kappa shape index (κ2) is 19.5. The van der Waals surface area contributed by atoms with E-state index in [4.69, 9.17) is 23.8 Å². The average Bonchev–Trinajstić information content (AvgIpc) is 3.42. The van der Waals surface area contributed by atoms with Crippen LogP contribution < -0.4 is 11.3 Å². The van der Waals surface area contributed by atoms with Crippen LogP contribution in [-0.4, -0.2) is 15.0 Å². The summed E-state index contributed by atoms with van der Waals surface area (Å²) in [6.45, 7) is 0. The predicted octanol–water partition coefficient (Wildman–Crippen LogP) is 13.7. The fourth-order valence-electron chi connectivity index (χ4n) is 9.53. The number of aromatic nitrogens is 3. The smallest absolute Gasteiger partial charge is 0.472 e. The van der Waals surface area contributed by atoms with E-state index in [2.05, 4.69) is 115 Å². The molecule has 340 valence electrons. The van der Waals surface area contributed by atoms with Crippen LogP contribution in [0.15, 0.2) is 213 Å². The minimum atomic E-state index is -0.416. The van der Waals surface area contributed by atoms with Crippen LogP contribution in [0.4, 0.5) is 0 Å². The van der Waals surface area contributed by atoms with Crippen molar-refractivity contribution >= 4 is 43.7 Å². The molecule has 0 amide bonds. The zero-order valence-corrected chi connectivity index (χ0v) is 40.5. The summed E-state index contributed by atoms with van der Waals surface area (Å²) in [5.41, 5.74) is 15.8. The van der Waals surface area contributed by atoms with Crippen LogP contribution in [0, 0.1) is 18.2 Å². The number of pyridine rings is 3. The average molecular weight is 1100 g/mol. The Morgan fingerprint density at radius 3 is 1.54 bits per heavy atom. The number of hydrogen-bond acceptors (Lipinski definition) is 7. The second-order valence-corrected chi connectivity index (χ2v) is 17.5. The quantitative estimate of drug-likeness (QED) is 0.0723. The topological polar surface area (TPSA) is 99.1 Å². The van der Waals surface area contributed by atoms with Crippen molar-refractivity contribution in [2.75, 3.05) is 0 Å². The Bertz CT molecular complexity index is 3900. The fourth-order valence-corrected chi connectivity index (χ4v) is 9.53. The molecule has 0 aliphatic carbocycles. The number of rotatable bonds is 11. The van der Waals surface area contributed by atoms with Crippen molar-refractivity contribution in [3.05, 3.63) is 256 Å². The molecule has 0 N–H and O–H groups in total. The molecule has 5 heterocycles. The predicted molar refractivity (Wildman–Crippen MR) is 278 cm³/mol. The van der Waals surface area contributed by atoms with Crippen molar-refractivity contribution in [2.45, 2.75) is 25.7 Å². The molecule has 8 heteroatoms. The van der Waals surface area contributed by atoms with Crippen molar-refractivity contribution in [3.8, 4) is 55.8 Å². The summed E-state index contributed by atoms with van der Waals surface area (Å²) in [6.07, 6.45) is 8.36. The minimum Gasteiger partial charge on any atom is -0.472 e. The number of fused-ring (bicyclic) bond motifs is 6. The molecule has 0 radical (unpaired) electrons. The van der Waals surface area contributed by atoms with Crippen molar-refractivity contribution < 1.29 is 28.9 Å². The van der Waals surface area contributed by atoms with Gasteiger partial charge in [-0.3, -0.25) is 0 Å². The fraction of sp³-hybridized carbons (Fsp3) is 0.0635. The Balaban J connectivity index is 0.00000547. The van der Waals surface area contributed by atoms with E-state index in [-0.39, 0.29) is 20.1 Å². The molecule has 12 aromatic rings. The summed E-state index contributed by atoms with van der Waals surface area (Å²) in [6, 6.07) is 68.9. The summed E-state index contributed by atoms with van der Waals surface area (Å²) in [5.74, 6) is 0. The van der Waals surface area contributed by atoms with Crippen LogP contribution in [-0.2, 0) is 45.8 Å². The van der Waals surface area contributed by atoms with Crippen molar-refractivity contribution in [2.24, 2.45) is 0 Å². The third-order valence-electron chi connectivity index (χ3n) is 13.0. The van der Waals surface area contributed by atoms with E-state index in [1.165, 1.54) is 0 Å². The van der Waals surface area contributed by atoms with Gasteiger partial charge < -0.3 is 23.8 Å². The molecule has 0 fully saturated rings. The van der Waals surface area contributed by atoms with Crippen LogP contribution >= 0.6 is 0 Å². The molecule has 0 spiro atoms. The van der Waals surface area contributed by atoms with E-state index in [0.29, 0.717) is 69.4 Å². The van der Waals surface area contributed by atoms with E-state index >= 15 is 0 Å². The van der Waals surface area contributed by atoms with Gasteiger partial charge in [0.05, 0.1) is 0 Å². The molecule has 71 heavy (non-hydrogen) atoms. The van der Waals surface area contributed by atoms with E-state index in [1.54, 1.807) is 36.4 Å². The second-order valence-electron chi connectivity index (χ2n) is 17.5. The molecule has 0 saturated heterocycles. The van der Waals surface area contributed by atoms with Gasteiger partial charge in [0, 0.05) is 57.1 Å². The van der Waals surface area contributed by atoms with Crippen LogP contribution in [0.1, 0.15) is 22.3 Å². The van der Waals surface area contributed by atoms with Crippen LogP contribution in [0.3, 0.4) is 0 Å². The number of benzene rings is 7. The van der Waals surface area contributed by atoms with Crippen LogP contribution in [0.25, 0.3) is 99.5 Å². The largest absolute Gasteiger partial charge is 3.00 e. The molecule has 0 atom stereocenters. The molecule has 7 aromatic carbocycles. The first-order valence-corrected chi connectivity index (χ1v) is 23.3. The SMILES string of the molecule is O=c1oc2ccc[c-]c2c2ncc(CCc3cc(CCc4cnc5c(c4)c(=O)oc4ccc[c-]c45)cc(-c4ccccc4-c4cnc(-c5[c-]cccc5)cc4-c4ccc(-c5ccccc5)cc4)c3)cc12.[Ir+3]. The van der Waals surface area contributed by atoms with E-state index < -0.39 is 11.3 Å². The zero-order chi connectivity index (χ0) is 47.0. The van der Waals surface area contributed by atoms with Gasteiger partial charge in [0.25, 0.3) is 0 Å². The van der Waals surface area contributed by atoms with Crippen molar-refractivity contribution in [3.63, 3.8) is 0 Å². The van der Waals surface area contributed by atoms with Gasteiger partial charge in [-0.1, -0.05) is 126 Å². The Labute approximate surface area is 422 Å². The molecule has 12 rings (SSSR count). The van der Waals surface area contributed by atoms with E-state index in [9.17, 15) is 9.59 Å². The normalized spacial score (nSPS) is 11.3. The van der Waals surface area contributed by atoms with Gasteiger partial charge in [-0.05, 0) is 92.6 Å². The van der Waals surface area contributed by atoms with Crippen LogP contribution in [0.5, 0.6) is 0 Å². The number of hydrogen-bond donors (Lipinski definition) is 0. The molecule has 0 aliphatic heterocycles. The van der Waals surface area contributed by atoms with Gasteiger partial charge in [0.1, 0.15) is 0 Å². The van der Waals surface area contributed by atoms with Gasteiger partial charge in [0.2, 0.25) is 0 Å². The Morgan fingerprint density at radius 1 is 0.394 bits per heavy atom. The maximum absolute atomic E-state index is 13.2. The molecular weight excluding hydrogens is 1050 g/mol. The molecular formula is C63H40IrN3O4. The molecule has 0 unspecified atom stereocenters. The molecule has 5 aromatic heterocycles. The third-order valence-corrected chi connectivity index (χ3v) is 13.0. The molecule has 0 aliphatic rings. The van der Waals surface area contributed by atoms with Gasteiger partial charge in [-0.25, -0.2) is 9.59 Å². The monoisotopic (exact) mass is 1100 g/mol. The summed E-state index contributed by atoms with van der Waals surface area (Å²) in [5, 5.41) is 2.25. The number of aryl methyl sites for hydroxylation is 4. The molecule has 0 saturated carbocycles. The van der Waals surface area contributed by atoms with E-state index in [0.717, 1.165) is 78.0 Å². The molecule has 0 bridgehead atoms. The maximum Gasteiger partial charge on any atom is 3.00 e. The van der Waals surface area contributed by atoms with Gasteiger partial charge >= 0.3 is 31.4 Å². The standard InChI is InChI=1S/C63H40N3O4.Ir/c67-62-54-34-42(37-65-60(54)51-19-9-11-21-58(51)69-62)25-23-40-31-41(24-26-43-35-55-61(66-38-43)52-20-10-12-22-59(52)70-63(55)68)33-48(32-40)49-17-7-8-18-50(49)56-39-64-57(47-15-5-2-6-16-47)36-53(56)46-29-27-45(28-30-46)44-13-3-1-4-14-44;/h1-15,17-18,21-22,27-39H,23-26H2;/q-3;+3. The Morgan fingerprint density at radius 2 is 0.930 bits per heavy atom. The first-order chi connectivity index (χ1) is 34.5. The zero-order valence-electron chi connectivity index (χ0n) is 38.1.